The maximum atomic E-state index is 12.5. The van der Waals surface area contributed by atoms with Crippen LogP contribution in [0, 0.1) is 0 Å². The fourth-order valence-corrected chi connectivity index (χ4v) is 3.10. The lowest BCUT2D eigenvalue weighted by Gasteiger charge is -2.12. The van der Waals surface area contributed by atoms with Crippen LogP contribution in [-0.4, -0.2) is 21.4 Å². The lowest BCUT2D eigenvalue weighted by atomic mass is 10.1. The first kappa shape index (κ1) is 17.5. The van der Waals surface area contributed by atoms with E-state index in [1.165, 1.54) is 6.20 Å². The molecule has 0 aliphatic carbocycles. The van der Waals surface area contributed by atoms with Crippen LogP contribution in [0.2, 0.25) is 0 Å². The van der Waals surface area contributed by atoms with E-state index in [1.807, 2.05) is 59.2 Å². The van der Waals surface area contributed by atoms with Gasteiger partial charge in [-0.2, -0.15) is 0 Å². The highest BCUT2D eigenvalue weighted by Gasteiger charge is 2.14. The Morgan fingerprint density at radius 2 is 1.61 bits per heavy atom. The summed E-state index contributed by atoms with van der Waals surface area (Å²) in [5.74, 6) is -0.794. The zero-order valence-electron chi connectivity index (χ0n) is 15.0. The minimum atomic E-state index is -0.463. The van der Waals surface area contributed by atoms with E-state index in [0.717, 1.165) is 22.2 Å². The standard InChI is InChI=1S/C22H18N4O2/c27-21(24-25-22(28)18-11-6-7-13-23-18)15-26-19-12-5-4-10-17(19)14-20(26)16-8-2-1-3-9-16/h1-14H,15H2,(H,24,27)(H,25,28). The van der Waals surface area contributed by atoms with Crippen LogP contribution in [0.1, 0.15) is 10.5 Å². The molecule has 4 aromatic rings. The van der Waals surface area contributed by atoms with Crippen LogP contribution in [-0.2, 0) is 11.3 Å². The number of aromatic nitrogens is 2. The Labute approximate surface area is 161 Å². The van der Waals surface area contributed by atoms with Crippen molar-refractivity contribution in [3.05, 3.63) is 90.8 Å². The van der Waals surface area contributed by atoms with Gasteiger partial charge in [-0.25, -0.2) is 0 Å². The Morgan fingerprint density at radius 3 is 2.39 bits per heavy atom. The van der Waals surface area contributed by atoms with Crippen molar-refractivity contribution in [1.29, 1.82) is 0 Å². The summed E-state index contributed by atoms with van der Waals surface area (Å²) in [6, 6.07) is 24.9. The Morgan fingerprint density at radius 1 is 0.857 bits per heavy atom. The number of rotatable bonds is 4. The number of pyridine rings is 1. The van der Waals surface area contributed by atoms with Crippen LogP contribution < -0.4 is 10.9 Å². The first-order chi connectivity index (χ1) is 13.7. The van der Waals surface area contributed by atoms with E-state index in [9.17, 15) is 9.59 Å². The van der Waals surface area contributed by atoms with Gasteiger partial charge in [0, 0.05) is 22.8 Å². The van der Waals surface area contributed by atoms with E-state index in [2.05, 4.69) is 21.9 Å². The number of hydrogen-bond acceptors (Lipinski definition) is 3. The summed E-state index contributed by atoms with van der Waals surface area (Å²) in [4.78, 5) is 28.5. The number of benzene rings is 2. The topological polar surface area (TPSA) is 76.0 Å². The molecular weight excluding hydrogens is 352 g/mol. The van der Waals surface area contributed by atoms with Crippen LogP contribution in [0.5, 0.6) is 0 Å². The third-order valence-electron chi connectivity index (χ3n) is 4.39. The molecule has 0 fully saturated rings. The van der Waals surface area contributed by atoms with Crippen LogP contribution in [0.4, 0.5) is 0 Å². The van der Waals surface area contributed by atoms with E-state index >= 15 is 0 Å². The Bertz CT molecular complexity index is 1120. The maximum Gasteiger partial charge on any atom is 0.288 e. The average molecular weight is 370 g/mol. The van der Waals surface area contributed by atoms with Crippen molar-refractivity contribution in [2.45, 2.75) is 6.54 Å². The number of carbonyl (C=O) groups is 2. The summed E-state index contributed by atoms with van der Waals surface area (Å²) in [5, 5.41) is 1.05. The van der Waals surface area contributed by atoms with Crippen molar-refractivity contribution in [3.8, 4) is 11.3 Å². The van der Waals surface area contributed by atoms with Gasteiger partial charge in [0.2, 0.25) is 0 Å². The first-order valence-corrected chi connectivity index (χ1v) is 8.86. The molecule has 0 aliphatic rings. The quantitative estimate of drug-likeness (QED) is 0.542. The van der Waals surface area contributed by atoms with Crippen LogP contribution in [0.3, 0.4) is 0 Å². The van der Waals surface area contributed by atoms with Gasteiger partial charge >= 0.3 is 0 Å². The Kier molecular flexibility index (Phi) is 4.84. The van der Waals surface area contributed by atoms with E-state index < -0.39 is 5.91 Å². The average Bonchev–Trinajstić information content (AvgIpc) is 3.12. The molecule has 6 nitrogen and oxygen atoms in total. The number of hydrazine groups is 1. The second-order valence-electron chi connectivity index (χ2n) is 6.26. The smallest absolute Gasteiger partial charge is 0.288 e. The molecule has 2 aromatic heterocycles. The lowest BCUT2D eigenvalue weighted by molar-refractivity contribution is -0.122. The normalized spacial score (nSPS) is 10.6. The van der Waals surface area contributed by atoms with Crippen LogP contribution in [0.15, 0.2) is 85.1 Å². The molecule has 0 bridgehead atoms. The van der Waals surface area contributed by atoms with Gasteiger partial charge in [0.05, 0.1) is 0 Å². The fraction of sp³-hybridized carbons (Fsp3) is 0.0455. The molecule has 0 atom stereocenters. The summed E-state index contributed by atoms with van der Waals surface area (Å²) in [5.41, 5.74) is 8.01. The molecule has 0 saturated heterocycles. The predicted molar refractivity (Wildman–Crippen MR) is 107 cm³/mol. The van der Waals surface area contributed by atoms with Crippen molar-refractivity contribution >= 4 is 22.7 Å². The zero-order valence-corrected chi connectivity index (χ0v) is 15.0. The number of para-hydroxylation sites is 1. The molecule has 2 aromatic carbocycles. The monoisotopic (exact) mass is 370 g/mol. The molecule has 6 heteroatoms. The van der Waals surface area contributed by atoms with Crippen molar-refractivity contribution in [2.75, 3.05) is 0 Å². The van der Waals surface area contributed by atoms with Crippen molar-refractivity contribution in [3.63, 3.8) is 0 Å². The summed E-state index contributed by atoms with van der Waals surface area (Å²) >= 11 is 0. The SMILES string of the molecule is O=C(Cn1c(-c2ccccc2)cc2ccccc21)NNC(=O)c1ccccn1. The number of amides is 2. The molecule has 0 radical (unpaired) electrons. The highest BCUT2D eigenvalue weighted by atomic mass is 16.2. The third-order valence-corrected chi connectivity index (χ3v) is 4.39. The molecule has 2 N–H and O–H groups in total. The summed E-state index contributed by atoms with van der Waals surface area (Å²) < 4.78 is 1.94. The molecule has 0 saturated carbocycles. The fourth-order valence-electron chi connectivity index (χ4n) is 3.10. The molecule has 2 amide bonds. The van der Waals surface area contributed by atoms with Crippen LogP contribution in [0.25, 0.3) is 22.2 Å². The summed E-state index contributed by atoms with van der Waals surface area (Å²) in [6.45, 7) is 0.0697. The number of nitrogens with one attached hydrogen (secondary N) is 2. The van der Waals surface area contributed by atoms with Gasteiger partial charge in [-0.3, -0.25) is 25.4 Å². The van der Waals surface area contributed by atoms with Crippen LogP contribution >= 0.6 is 0 Å². The summed E-state index contributed by atoms with van der Waals surface area (Å²) in [7, 11) is 0. The molecule has 0 unspecified atom stereocenters. The number of hydrogen-bond donors (Lipinski definition) is 2. The Hall–Kier alpha value is -3.93. The molecule has 4 rings (SSSR count). The molecule has 28 heavy (non-hydrogen) atoms. The summed E-state index contributed by atoms with van der Waals surface area (Å²) in [6.07, 6.45) is 1.52. The van der Waals surface area contributed by atoms with Gasteiger partial charge in [0.1, 0.15) is 12.2 Å². The van der Waals surface area contributed by atoms with Gasteiger partial charge < -0.3 is 4.57 Å². The molecule has 138 valence electrons. The second-order valence-corrected chi connectivity index (χ2v) is 6.26. The van der Waals surface area contributed by atoms with Gasteiger partial charge in [-0.1, -0.05) is 54.6 Å². The van der Waals surface area contributed by atoms with E-state index in [0.29, 0.717) is 0 Å². The number of nitrogens with zero attached hydrogens (tertiary/aromatic N) is 2. The molecule has 0 spiro atoms. The van der Waals surface area contributed by atoms with E-state index in [1.54, 1.807) is 18.2 Å². The number of fused-ring (bicyclic) bond motifs is 1. The second kappa shape index (κ2) is 7.75. The third kappa shape index (κ3) is 3.61. The lowest BCUT2D eigenvalue weighted by Crippen LogP contribution is -2.43. The molecule has 2 heterocycles. The van der Waals surface area contributed by atoms with Gasteiger partial charge in [0.25, 0.3) is 11.8 Å². The zero-order chi connectivity index (χ0) is 19.3. The first-order valence-electron chi connectivity index (χ1n) is 8.86. The molecular formula is C22H18N4O2. The largest absolute Gasteiger partial charge is 0.331 e. The minimum absolute atomic E-state index is 0.0697. The Balaban J connectivity index is 1.55. The van der Waals surface area contributed by atoms with Crippen molar-refractivity contribution < 1.29 is 9.59 Å². The van der Waals surface area contributed by atoms with E-state index in [-0.39, 0.29) is 18.1 Å². The highest BCUT2D eigenvalue weighted by Crippen LogP contribution is 2.28. The van der Waals surface area contributed by atoms with E-state index in [4.69, 9.17) is 0 Å². The maximum absolute atomic E-state index is 12.5. The van der Waals surface area contributed by atoms with Crippen molar-refractivity contribution in [2.24, 2.45) is 0 Å². The molecule has 0 aliphatic heterocycles. The highest BCUT2D eigenvalue weighted by molar-refractivity contribution is 5.94. The van der Waals surface area contributed by atoms with Gasteiger partial charge in [-0.05, 0) is 29.8 Å². The predicted octanol–water partition coefficient (Wildman–Crippen LogP) is 3.16. The van der Waals surface area contributed by atoms with Gasteiger partial charge in [0.15, 0.2) is 0 Å². The number of carbonyl (C=O) groups excluding carboxylic acids is 2. The minimum Gasteiger partial charge on any atom is -0.331 e. The van der Waals surface area contributed by atoms with Gasteiger partial charge in [-0.15, -0.1) is 0 Å². The van der Waals surface area contributed by atoms with Crippen molar-refractivity contribution in [1.82, 2.24) is 20.4 Å².